The highest BCUT2D eigenvalue weighted by molar-refractivity contribution is 5.95. The Morgan fingerprint density at radius 1 is 0.902 bits per heavy atom. The maximum Gasteiger partial charge on any atom is 0.335 e. The summed E-state index contributed by atoms with van der Waals surface area (Å²) in [5, 5.41) is 14.4. The quantitative estimate of drug-likeness (QED) is 0.226. The molecular formula is C34H26FN3O3. The second-order valence-corrected chi connectivity index (χ2v) is 10.00. The molecule has 1 amide bonds. The molecule has 6 rings (SSSR count). The van der Waals surface area contributed by atoms with E-state index in [1.807, 2.05) is 16.5 Å². The number of carboxylic acid groups (broad SMARTS) is 1. The van der Waals surface area contributed by atoms with Gasteiger partial charge in [0, 0.05) is 24.2 Å². The van der Waals surface area contributed by atoms with Gasteiger partial charge < -0.3 is 10.4 Å². The van der Waals surface area contributed by atoms with Crippen molar-refractivity contribution in [2.75, 3.05) is 0 Å². The van der Waals surface area contributed by atoms with Crippen molar-refractivity contribution in [2.24, 2.45) is 0 Å². The van der Waals surface area contributed by atoms with Crippen LogP contribution in [0.5, 0.6) is 0 Å². The molecule has 0 saturated heterocycles. The van der Waals surface area contributed by atoms with Crippen LogP contribution in [-0.4, -0.2) is 26.4 Å². The second kappa shape index (κ2) is 10.7. The van der Waals surface area contributed by atoms with Gasteiger partial charge in [0.2, 0.25) is 0 Å². The lowest BCUT2D eigenvalue weighted by Crippen LogP contribution is -2.26. The first-order valence-corrected chi connectivity index (χ1v) is 13.2. The number of imidazole rings is 1. The number of nitrogens with zero attached hydrogens (tertiary/aromatic N) is 2. The van der Waals surface area contributed by atoms with E-state index in [-0.39, 0.29) is 23.9 Å². The zero-order valence-electron chi connectivity index (χ0n) is 22.2. The standard InChI is InChI=1S/C34H26FN3O3/c1-21(25-15-14-23-6-2-3-7-26(23)16-25)31-20-36-32-18-27(28-8-4-5-9-29(28)35)17-30(38(31)32)33(39)37-19-22-10-12-24(13-11-22)34(40)41/h2-18,20-21H,19H2,1H3,(H,37,39)(H,40,41). The lowest BCUT2D eigenvalue weighted by atomic mass is 9.95. The molecule has 0 spiro atoms. The molecule has 7 heteroatoms. The van der Waals surface area contributed by atoms with Crippen molar-refractivity contribution in [2.45, 2.75) is 19.4 Å². The van der Waals surface area contributed by atoms with Crippen LogP contribution in [0, 0.1) is 5.82 Å². The predicted octanol–water partition coefficient (Wildman–Crippen LogP) is 7.07. The molecule has 6 aromatic rings. The number of aromatic nitrogens is 2. The van der Waals surface area contributed by atoms with Crippen LogP contribution >= 0.6 is 0 Å². The smallest absolute Gasteiger partial charge is 0.335 e. The van der Waals surface area contributed by atoms with Gasteiger partial charge in [-0.05, 0) is 57.8 Å². The first-order valence-electron chi connectivity index (χ1n) is 13.2. The van der Waals surface area contributed by atoms with Crippen molar-refractivity contribution < 1.29 is 19.1 Å². The Morgan fingerprint density at radius 2 is 1.63 bits per heavy atom. The Kier molecular flexibility index (Phi) is 6.77. The Hall–Kier alpha value is -5.30. The van der Waals surface area contributed by atoms with E-state index in [4.69, 9.17) is 5.11 Å². The van der Waals surface area contributed by atoms with Crippen LogP contribution in [0.15, 0.2) is 109 Å². The molecule has 202 valence electrons. The van der Waals surface area contributed by atoms with E-state index in [2.05, 4.69) is 47.6 Å². The molecule has 0 radical (unpaired) electrons. The lowest BCUT2D eigenvalue weighted by Gasteiger charge is -2.17. The molecule has 6 nitrogen and oxygen atoms in total. The number of halogens is 1. The third-order valence-corrected chi connectivity index (χ3v) is 7.42. The van der Waals surface area contributed by atoms with Gasteiger partial charge >= 0.3 is 5.97 Å². The first kappa shape index (κ1) is 26.0. The average molecular weight is 544 g/mol. The molecule has 1 unspecified atom stereocenters. The van der Waals surface area contributed by atoms with Gasteiger partial charge in [0.15, 0.2) is 0 Å². The summed E-state index contributed by atoms with van der Waals surface area (Å²) in [6, 6.07) is 30.7. The van der Waals surface area contributed by atoms with E-state index < -0.39 is 11.8 Å². The van der Waals surface area contributed by atoms with Crippen molar-refractivity contribution in [3.05, 3.63) is 143 Å². The Labute approximate surface area is 235 Å². The fraction of sp³-hybridized carbons (Fsp3) is 0.0882. The number of aromatic carboxylic acids is 1. The molecule has 2 aromatic heterocycles. The highest BCUT2D eigenvalue weighted by Gasteiger charge is 2.21. The number of carboxylic acids is 1. The van der Waals surface area contributed by atoms with E-state index >= 15 is 0 Å². The van der Waals surface area contributed by atoms with E-state index in [0.717, 1.165) is 27.6 Å². The zero-order valence-corrected chi connectivity index (χ0v) is 22.2. The number of carbonyl (C=O) groups is 2. The van der Waals surface area contributed by atoms with Gasteiger partial charge in [-0.25, -0.2) is 14.2 Å². The fourth-order valence-corrected chi connectivity index (χ4v) is 5.15. The van der Waals surface area contributed by atoms with Crippen LogP contribution in [-0.2, 0) is 6.54 Å². The fourth-order valence-electron chi connectivity index (χ4n) is 5.15. The van der Waals surface area contributed by atoms with Crippen molar-refractivity contribution in [1.82, 2.24) is 14.7 Å². The molecular weight excluding hydrogens is 517 g/mol. The average Bonchev–Trinajstić information content (AvgIpc) is 3.43. The zero-order chi connectivity index (χ0) is 28.5. The molecule has 0 aliphatic rings. The molecule has 1 atom stereocenters. The largest absolute Gasteiger partial charge is 0.478 e. The van der Waals surface area contributed by atoms with Crippen LogP contribution in [0.25, 0.3) is 27.5 Å². The second-order valence-electron chi connectivity index (χ2n) is 10.00. The van der Waals surface area contributed by atoms with Gasteiger partial charge in [-0.3, -0.25) is 9.20 Å². The lowest BCUT2D eigenvalue weighted by molar-refractivity contribution is 0.0696. The van der Waals surface area contributed by atoms with E-state index in [0.29, 0.717) is 22.5 Å². The number of hydrogen-bond donors (Lipinski definition) is 2. The molecule has 0 bridgehead atoms. The van der Waals surface area contributed by atoms with Crippen molar-refractivity contribution >= 4 is 28.3 Å². The van der Waals surface area contributed by atoms with Gasteiger partial charge in [-0.1, -0.05) is 79.7 Å². The van der Waals surface area contributed by atoms with Gasteiger partial charge in [-0.15, -0.1) is 0 Å². The number of hydrogen-bond acceptors (Lipinski definition) is 3. The topological polar surface area (TPSA) is 83.7 Å². The number of nitrogens with one attached hydrogen (secondary N) is 1. The van der Waals surface area contributed by atoms with Crippen molar-refractivity contribution in [1.29, 1.82) is 0 Å². The van der Waals surface area contributed by atoms with Crippen LogP contribution in [0.1, 0.15) is 50.5 Å². The minimum absolute atomic E-state index is 0.0935. The number of pyridine rings is 1. The molecule has 0 saturated carbocycles. The summed E-state index contributed by atoms with van der Waals surface area (Å²) in [4.78, 5) is 29.5. The SMILES string of the molecule is CC(c1ccc2ccccc2c1)c1cnc2cc(-c3ccccc3F)cc(C(=O)NCc3ccc(C(=O)O)cc3)n12. The van der Waals surface area contributed by atoms with E-state index in [9.17, 15) is 14.0 Å². The summed E-state index contributed by atoms with van der Waals surface area (Å²) in [6.45, 7) is 2.26. The summed E-state index contributed by atoms with van der Waals surface area (Å²) in [7, 11) is 0. The van der Waals surface area contributed by atoms with Crippen LogP contribution in [0.3, 0.4) is 0 Å². The monoisotopic (exact) mass is 543 g/mol. The van der Waals surface area contributed by atoms with Gasteiger partial charge in [0.1, 0.15) is 17.2 Å². The van der Waals surface area contributed by atoms with Gasteiger partial charge in [0.25, 0.3) is 5.91 Å². The minimum Gasteiger partial charge on any atom is -0.478 e. The van der Waals surface area contributed by atoms with Gasteiger partial charge in [-0.2, -0.15) is 0 Å². The summed E-state index contributed by atoms with van der Waals surface area (Å²) >= 11 is 0. The molecule has 0 aliphatic heterocycles. The molecule has 41 heavy (non-hydrogen) atoms. The maximum atomic E-state index is 14.8. The first-order chi connectivity index (χ1) is 19.9. The molecule has 0 fully saturated rings. The number of benzene rings is 4. The maximum absolute atomic E-state index is 14.8. The summed E-state index contributed by atoms with van der Waals surface area (Å²) in [6.07, 6.45) is 1.77. The number of carbonyl (C=O) groups excluding carboxylic acids is 1. The molecule has 2 heterocycles. The third kappa shape index (κ3) is 5.05. The Bertz CT molecular complexity index is 1930. The van der Waals surface area contributed by atoms with Gasteiger partial charge in [0.05, 0.1) is 11.3 Å². The summed E-state index contributed by atoms with van der Waals surface area (Å²) in [5.74, 6) is -1.86. The molecule has 0 aliphatic carbocycles. The van der Waals surface area contributed by atoms with Crippen molar-refractivity contribution in [3.8, 4) is 11.1 Å². The van der Waals surface area contributed by atoms with Crippen molar-refractivity contribution in [3.63, 3.8) is 0 Å². The minimum atomic E-state index is -1.01. The Morgan fingerprint density at radius 3 is 2.39 bits per heavy atom. The predicted molar refractivity (Wildman–Crippen MR) is 157 cm³/mol. The third-order valence-electron chi connectivity index (χ3n) is 7.42. The van der Waals surface area contributed by atoms with Crippen LogP contribution in [0.4, 0.5) is 4.39 Å². The summed E-state index contributed by atoms with van der Waals surface area (Å²) in [5.41, 5.74) is 4.60. The highest BCUT2D eigenvalue weighted by atomic mass is 19.1. The van der Waals surface area contributed by atoms with Crippen LogP contribution < -0.4 is 5.32 Å². The normalized spacial score (nSPS) is 12.0. The van der Waals surface area contributed by atoms with Crippen LogP contribution in [0.2, 0.25) is 0 Å². The number of fused-ring (bicyclic) bond motifs is 2. The summed E-state index contributed by atoms with van der Waals surface area (Å²) < 4.78 is 16.6. The number of rotatable bonds is 7. The van der Waals surface area contributed by atoms with E-state index in [1.54, 1.807) is 48.7 Å². The number of amides is 1. The van der Waals surface area contributed by atoms with E-state index in [1.165, 1.54) is 18.2 Å². The Balaban J connectivity index is 1.42. The molecule has 4 aromatic carbocycles. The highest BCUT2D eigenvalue weighted by Crippen LogP contribution is 2.31. The molecule has 2 N–H and O–H groups in total.